The van der Waals surface area contributed by atoms with Crippen molar-refractivity contribution < 1.29 is 18.7 Å². The molecule has 1 aliphatic carbocycles. The van der Waals surface area contributed by atoms with E-state index in [-0.39, 0.29) is 29.5 Å². The van der Waals surface area contributed by atoms with Crippen molar-refractivity contribution >= 4 is 23.9 Å². The summed E-state index contributed by atoms with van der Waals surface area (Å²) in [6.45, 7) is 4.65. The second-order valence-corrected chi connectivity index (χ2v) is 8.49. The van der Waals surface area contributed by atoms with E-state index >= 15 is 4.39 Å². The van der Waals surface area contributed by atoms with Gasteiger partial charge in [0.15, 0.2) is 5.82 Å². The number of nitrogens with zero attached hydrogens (tertiary/aromatic N) is 4. The Morgan fingerprint density at radius 3 is 2.84 bits per heavy atom. The lowest BCUT2D eigenvalue weighted by molar-refractivity contribution is -0.118. The fourth-order valence-corrected chi connectivity index (χ4v) is 4.09. The number of morpholine rings is 1. The average molecular weight is 440 g/mol. The summed E-state index contributed by atoms with van der Waals surface area (Å²) in [5, 5.41) is 5.47. The number of amides is 3. The summed E-state index contributed by atoms with van der Waals surface area (Å²) in [6, 6.07) is 4.45. The van der Waals surface area contributed by atoms with Gasteiger partial charge < -0.3 is 25.2 Å². The molecular formula is C22H25FN6O3. The molecule has 5 rings (SSSR count). The fourth-order valence-electron chi connectivity index (χ4n) is 4.09. The Labute approximate surface area is 185 Å². The number of anilines is 2. The van der Waals surface area contributed by atoms with Gasteiger partial charge in [-0.05, 0) is 38.0 Å². The first-order valence-electron chi connectivity index (χ1n) is 10.8. The Balaban J connectivity index is 1.47. The first-order valence-corrected chi connectivity index (χ1v) is 10.8. The molecule has 3 heterocycles. The van der Waals surface area contributed by atoms with Crippen LogP contribution in [-0.2, 0) is 22.6 Å². The molecule has 2 fully saturated rings. The summed E-state index contributed by atoms with van der Waals surface area (Å²) in [5.74, 6) is 0.452. The lowest BCUT2D eigenvalue weighted by Gasteiger charge is -2.35. The molecule has 2 N–H and O–H groups in total. The summed E-state index contributed by atoms with van der Waals surface area (Å²) < 4.78 is 20.6. The molecule has 9 nitrogen and oxygen atoms in total. The number of urea groups is 1. The van der Waals surface area contributed by atoms with Crippen LogP contribution in [0.1, 0.15) is 31.0 Å². The number of hydrogen-bond donors (Lipinski definition) is 2. The highest BCUT2D eigenvalue weighted by atomic mass is 19.1. The normalized spacial score (nSPS) is 20.1. The molecule has 0 radical (unpaired) electrons. The summed E-state index contributed by atoms with van der Waals surface area (Å²) in [5.41, 5.74) is 2.22. The van der Waals surface area contributed by atoms with Crippen LogP contribution in [0.2, 0.25) is 0 Å². The summed E-state index contributed by atoms with van der Waals surface area (Å²) in [7, 11) is 0. The molecule has 1 aromatic carbocycles. The zero-order valence-corrected chi connectivity index (χ0v) is 17.8. The Kier molecular flexibility index (Phi) is 5.38. The highest BCUT2D eigenvalue weighted by molar-refractivity contribution is 5.90. The molecule has 0 spiro atoms. The second-order valence-electron chi connectivity index (χ2n) is 8.49. The SMILES string of the molecule is CC1COCCN1c1nc(-c2ccc(NC(=O)NC3CC3)cc2F)nc2c1CN(C=O)C2. The lowest BCUT2D eigenvalue weighted by Crippen LogP contribution is -2.44. The van der Waals surface area contributed by atoms with Crippen molar-refractivity contribution in [2.45, 2.75) is 44.9 Å². The minimum absolute atomic E-state index is 0.0993. The average Bonchev–Trinajstić information content (AvgIpc) is 3.48. The van der Waals surface area contributed by atoms with Gasteiger partial charge in [-0.25, -0.2) is 19.2 Å². The predicted octanol–water partition coefficient (Wildman–Crippen LogP) is 2.26. The maximum Gasteiger partial charge on any atom is 0.319 e. The summed E-state index contributed by atoms with van der Waals surface area (Å²) in [4.78, 5) is 36.4. The van der Waals surface area contributed by atoms with Crippen LogP contribution in [0.15, 0.2) is 18.2 Å². The molecule has 2 aliphatic heterocycles. The van der Waals surface area contributed by atoms with Crippen molar-refractivity contribution in [3.63, 3.8) is 0 Å². The van der Waals surface area contributed by atoms with Crippen LogP contribution in [0.5, 0.6) is 0 Å². The molecule has 3 aliphatic rings. The van der Waals surface area contributed by atoms with E-state index in [1.807, 2.05) is 6.92 Å². The van der Waals surface area contributed by atoms with Crippen LogP contribution < -0.4 is 15.5 Å². The molecule has 2 aromatic rings. The molecule has 1 atom stereocenters. The van der Waals surface area contributed by atoms with Gasteiger partial charge in [0.05, 0.1) is 43.6 Å². The van der Waals surface area contributed by atoms with E-state index in [0.29, 0.717) is 38.5 Å². The van der Waals surface area contributed by atoms with Crippen LogP contribution in [0.4, 0.5) is 20.7 Å². The molecule has 3 amide bonds. The van der Waals surface area contributed by atoms with Crippen molar-refractivity contribution in [3.8, 4) is 11.4 Å². The van der Waals surface area contributed by atoms with E-state index < -0.39 is 5.82 Å². The monoisotopic (exact) mass is 440 g/mol. The number of benzene rings is 1. The third kappa shape index (κ3) is 4.10. The van der Waals surface area contributed by atoms with E-state index in [0.717, 1.165) is 36.3 Å². The smallest absolute Gasteiger partial charge is 0.319 e. The van der Waals surface area contributed by atoms with Gasteiger partial charge in [0.2, 0.25) is 6.41 Å². The molecular weight excluding hydrogens is 415 g/mol. The molecule has 168 valence electrons. The number of ether oxygens (including phenoxy) is 1. The van der Waals surface area contributed by atoms with E-state index in [1.165, 1.54) is 6.07 Å². The minimum atomic E-state index is -0.527. The number of nitrogens with one attached hydrogen (secondary N) is 2. The quantitative estimate of drug-likeness (QED) is 0.692. The van der Waals surface area contributed by atoms with Crippen LogP contribution in [0, 0.1) is 5.82 Å². The first-order chi connectivity index (χ1) is 15.5. The van der Waals surface area contributed by atoms with Gasteiger partial charge in [-0.15, -0.1) is 0 Å². The number of aromatic nitrogens is 2. The maximum atomic E-state index is 15.1. The van der Waals surface area contributed by atoms with Gasteiger partial charge in [0, 0.05) is 23.8 Å². The van der Waals surface area contributed by atoms with E-state index in [4.69, 9.17) is 9.72 Å². The van der Waals surface area contributed by atoms with Gasteiger partial charge in [0.25, 0.3) is 0 Å². The number of carbonyl (C=O) groups is 2. The van der Waals surface area contributed by atoms with Gasteiger partial charge in [-0.1, -0.05) is 0 Å². The predicted molar refractivity (Wildman–Crippen MR) is 116 cm³/mol. The van der Waals surface area contributed by atoms with Gasteiger partial charge in [0.1, 0.15) is 11.6 Å². The van der Waals surface area contributed by atoms with Crippen LogP contribution >= 0.6 is 0 Å². The Morgan fingerprint density at radius 2 is 2.12 bits per heavy atom. The van der Waals surface area contributed by atoms with Crippen molar-refractivity contribution in [2.24, 2.45) is 0 Å². The van der Waals surface area contributed by atoms with Crippen molar-refractivity contribution in [3.05, 3.63) is 35.3 Å². The molecule has 1 aromatic heterocycles. The largest absolute Gasteiger partial charge is 0.377 e. The summed E-state index contributed by atoms with van der Waals surface area (Å²) in [6.07, 6.45) is 2.74. The van der Waals surface area contributed by atoms with Gasteiger partial charge in [-0.2, -0.15) is 0 Å². The standard InChI is InChI=1S/C22H25FN6O3/c1-13-11-32-7-6-29(13)21-17-9-28(12-30)10-19(17)26-20(27-21)16-5-4-15(8-18(16)23)25-22(31)24-14-2-3-14/h4-5,8,12-14H,2-3,6-7,9-11H2,1H3,(H2,24,25,31). The third-order valence-electron chi connectivity index (χ3n) is 5.95. The molecule has 0 bridgehead atoms. The molecule has 1 saturated carbocycles. The van der Waals surface area contributed by atoms with E-state index in [9.17, 15) is 9.59 Å². The third-order valence-corrected chi connectivity index (χ3v) is 5.95. The number of rotatable bonds is 5. The maximum absolute atomic E-state index is 15.1. The molecule has 1 saturated heterocycles. The van der Waals surface area contributed by atoms with Crippen LogP contribution in [0.3, 0.4) is 0 Å². The Morgan fingerprint density at radius 1 is 1.28 bits per heavy atom. The summed E-state index contributed by atoms with van der Waals surface area (Å²) >= 11 is 0. The highest BCUT2D eigenvalue weighted by Gasteiger charge is 2.31. The highest BCUT2D eigenvalue weighted by Crippen LogP contribution is 2.34. The van der Waals surface area contributed by atoms with E-state index in [2.05, 4.69) is 20.5 Å². The van der Waals surface area contributed by atoms with E-state index in [1.54, 1.807) is 17.0 Å². The lowest BCUT2D eigenvalue weighted by atomic mass is 10.1. The zero-order valence-electron chi connectivity index (χ0n) is 17.8. The molecule has 32 heavy (non-hydrogen) atoms. The van der Waals surface area contributed by atoms with Crippen LogP contribution in [-0.4, -0.2) is 59.2 Å². The number of hydrogen-bond acceptors (Lipinski definition) is 6. The number of carbonyl (C=O) groups excluding carboxylic acids is 2. The van der Waals surface area contributed by atoms with Crippen molar-refractivity contribution in [1.82, 2.24) is 20.2 Å². The Bertz CT molecular complexity index is 1060. The fraction of sp³-hybridized carbons (Fsp3) is 0.455. The van der Waals surface area contributed by atoms with Crippen LogP contribution in [0.25, 0.3) is 11.4 Å². The topological polar surface area (TPSA) is 99.7 Å². The number of halogens is 1. The molecule has 1 unspecified atom stereocenters. The van der Waals surface area contributed by atoms with Gasteiger partial charge >= 0.3 is 6.03 Å². The van der Waals surface area contributed by atoms with Gasteiger partial charge in [-0.3, -0.25) is 4.79 Å². The zero-order chi connectivity index (χ0) is 22.2. The number of fused-ring (bicyclic) bond motifs is 1. The van der Waals surface area contributed by atoms with Crippen molar-refractivity contribution in [1.29, 1.82) is 0 Å². The first kappa shape index (κ1) is 20.6. The second kappa shape index (κ2) is 8.34. The minimum Gasteiger partial charge on any atom is -0.377 e. The molecule has 10 heteroatoms. The Hall–Kier alpha value is -3.27. The van der Waals surface area contributed by atoms with Crippen molar-refractivity contribution in [2.75, 3.05) is 30.0 Å².